The molecule has 1 amide bonds. The van der Waals surface area contributed by atoms with Gasteiger partial charge in [0.05, 0.1) is 25.1 Å². The van der Waals surface area contributed by atoms with E-state index >= 15 is 0 Å². The molecule has 2 N–H and O–H groups in total. The zero-order chi connectivity index (χ0) is 19.2. The van der Waals surface area contributed by atoms with E-state index in [1.165, 1.54) is 23.1 Å². The molecule has 1 aromatic carbocycles. The Morgan fingerprint density at radius 2 is 2.11 bits per heavy atom. The van der Waals surface area contributed by atoms with E-state index in [1.54, 1.807) is 6.26 Å². The molecule has 1 aliphatic rings. The number of nitrogens with zero attached hydrogens (tertiary/aromatic N) is 2. The van der Waals surface area contributed by atoms with E-state index in [0.29, 0.717) is 30.6 Å². The van der Waals surface area contributed by atoms with Crippen LogP contribution in [-0.2, 0) is 11.3 Å². The van der Waals surface area contributed by atoms with Crippen LogP contribution < -0.4 is 20.1 Å². The molecule has 0 radical (unpaired) electrons. The summed E-state index contributed by atoms with van der Waals surface area (Å²) >= 11 is 2.74. The second-order valence-corrected chi connectivity index (χ2v) is 8.10. The predicted octanol–water partition coefficient (Wildman–Crippen LogP) is 2.79. The van der Waals surface area contributed by atoms with E-state index in [-0.39, 0.29) is 17.8 Å². The van der Waals surface area contributed by atoms with Gasteiger partial charge in [0.1, 0.15) is 18.5 Å². The number of hydrogen-bond acceptors (Lipinski definition) is 9. The van der Waals surface area contributed by atoms with Crippen molar-refractivity contribution in [3.8, 4) is 11.5 Å². The highest BCUT2D eigenvalue weighted by atomic mass is 32.2. The Labute approximate surface area is 169 Å². The lowest BCUT2D eigenvalue weighted by atomic mass is 10.2. The number of nitrogens with one attached hydrogen (secondary N) is 2. The molecule has 8 nitrogen and oxygen atoms in total. The summed E-state index contributed by atoms with van der Waals surface area (Å²) in [7, 11) is 0. The summed E-state index contributed by atoms with van der Waals surface area (Å²) in [5, 5.41) is 14.8. The summed E-state index contributed by atoms with van der Waals surface area (Å²) in [6.07, 6.45) is 1.42. The van der Waals surface area contributed by atoms with Crippen LogP contribution in [0.5, 0.6) is 11.5 Å². The first kappa shape index (κ1) is 18.6. The van der Waals surface area contributed by atoms with Gasteiger partial charge in [-0.2, -0.15) is 0 Å². The van der Waals surface area contributed by atoms with Crippen molar-refractivity contribution >= 4 is 34.1 Å². The van der Waals surface area contributed by atoms with Gasteiger partial charge in [-0.05, 0) is 24.3 Å². The van der Waals surface area contributed by atoms with Crippen molar-refractivity contribution in [2.45, 2.75) is 17.0 Å². The predicted molar refractivity (Wildman–Crippen MR) is 106 cm³/mol. The molecule has 0 bridgehead atoms. The van der Waals surface area contributed by atoms with Gasteiger partial charge >= 0.3 is 0 Å². The maximum absolute atomic E-state index is 12.1. The Morgan fingerprint density at radius 3 is 2.96 bits per heavy atom. The molecule has 3 heterocycles. The number of benzene rings is 1. The lowest BCUT2D eigenvalue weighted by Gasteiger charge is -2.26. The number of carbonyl (C=O) groups excluding carboxylic acids is 1. The molecule has 146 valence electrons. The number of anilines is 1. The smallest absolute Gasteiger partial charge is 0.230 e. The Hall–Kier alpha value is -2.72. The minimum atomic E-state index is -0.206. The molecule has 1 aliphatic heterocycles. The average Bonchev–Trinajstić information content (AvgIpc) is 3.41. The molecular formula is C18H18N4O4S2. The van der Waals surface area contributed by atoms with E-state index < -0.39 is 0 Å². The fraction of sp³-hybridized carbons (Fsp3) is 0.278. The van der Waals surface area contributed by atoms with E-state index in [9.17, 15) is 4.79 Å². The summed E-state index contributed by atoms with van der Waals surface area (Å²) < 4.78 is 17.4. The molecule has 0 saturated carbocycles. The van der Waals surface area contributed by atoms with Crippen molar-refractivity contribution in [2.24, 2.45) is 0 Å². The van der Waals surface area contributed by atoms with Crippen LogP contribution in [-0.4, -0.2) is 41.1 Å². The first-order valence-corrected chi connectivity index (χ1v) is 10.4. The molecule has 0 spiro atoms. The standard InChI is InChI=1S/C18H18N4O4S2/c23-16(19-9-13-10-25-14-5-1-2-6-15(14)26-13)11-27-18-22-21-17(28-18)20-8-12-4-3-7-24-12/h1-7,13H,8-11H2,(H,19,23)(H,20,21)/t13-/m1/s1. The van der Waals surface area contributed by atoms with Crippen LogP contribution in [0.4, 0.5) is 5.13 Å². The number of aromatic nitrogens is 2. The molecule has 28 heavy (non-hydrogen) atoms. The molecule has 10 heteroatoms. The number of ether oxygens (including phenoxy) is 2. The Bertz CT molecular complexity index is 916. The summed E-state index contributed by atoms with van der Waals surface area (Å²) in [6, 6.07) is 11.2. The lowest BCUT2D eigenvalue weighted by molar-refractivity contribution is -0.119. The van der Waals surface area contributed by atoms with Gasteiger partial charge in [0.15, 0.2) is 15.8 Å². The maximum Gasteiger partial charge on any atom is 0.230 e. The van der Waals surface area contributed by atoms with Gasteiger partial charge in [0.2, 0.25) is 11.0 Å². The zero-order valence-corrected chi connectivity index (χ0v) is 16.4. The molecule has 4 rings (SSSR count). The SMILES string of the molecule is O=C(CSc1nnc(NCc2ccco2)s1)NC[C@@H]1COc2ccccc2O1. The second-order valence-electron chi connectivity index (χ2n) is 5.90. The monoisotopic (exact) mass is 418 g/mol. The third-order valence-electron chi connectivity index (χ3n) is 3.82. The average molecular weight is 419 g/mol. The number of para-hydroxylation sites is 2. The van der Waals surface area contributed by atoms with Gasteiger partial charge in [-0.25, -0.2) is 0 Å². The maximum atomic E-state index is 12.1. The summed E-state index contributed by atoms with van der Waals surface area (Å²) in [6.45, 7) is 1.34. The van der Waals surface area contributed by atoms with E-state index in [1.807, 2.05) is 36.4 Å². The number of amides is 1. The van der Waals surface area contributed by atoms with Crippen molar-refractivity contribution in [3.63, 3.8) is 0 Å². The highest BCUT2D eigenvalue weighted by molar-refractivity contribution is 8.01. The van der Waals surface area contributed by atoms with Crippen molar-refractivity contribution in [3.05, 3.63) is 48.4 Å². The zero-order valence-electron chi connectivity index (χ0n) is 14.8. The molecule has 0 fully saturated rings. The Balaban J connectivity index is 1.17. The second kappa shape index (κ2) is 8.98. The number of hydrogen-bond donors (Lipinski definition) is 2. The van der Waals surface area contributed by atoms with Crippen molar-refractivity contribution in [2.75, 3.05) is 24.2 Å². The third kappa shape index (κ3) is 4.96. The molecular weight excluding hydrogens is 400 g/mol. The van der Waals surface area contributed by atoms with Crippen molar-refractivity contribution in [1.82, 2.24) is 15.5 Å². The molecule has 0 unspecified atom stereocenters. The topological polar surface area (TPSA) is 98.5 Å². The van der Waals surface area contributed by atoms with Gasteiger partial charge in [-0.3, -0.25) is 4.79 Å². The fourth-order valence-corrected chi connectivity index (χ4v) is 4.06. The van der Waals surface area contributed by atoms with Crippen molar-refractivity contribution in [1.29, 1.82) is 0 Å². The van der Waals surface area contributed by atoms with Crippen LogP contribution in [0.15, 0.2) is 51.4 Å². The largest absolute Gasteiger partial charge is 0.486 e. The molecule has 3 aromatic rings. The normalized spacial score (nSPS) is 15.2. The minimum absolute atomic E-state index is 0.0900. The number of thioether (sulfide) groups is 1. The number of rotatable bonds is 8. The van der Waals surface area contributed by atoms with E-state index in [0.717, 1.165) is 15.8 Å². The van der Waals surface area contributed by atoms with Crippen LogP contribution in [0.2, 0.25) is 0 Å². The van der Waals surface area contributed by atoms with Crippen LogP contribution in [0.1, 0.15) is 5.76 Å². The molecule has 0 saturated heterocycles. The van der Waals surface area contributed by atoms with Gasteiger partial charge < -0.3 is 24.5 Å². The molecule has 2 aromatic heterocycles. The first-order valence-electron chi connectivity index (χ1n) is 8.64. The summed E-state index contributed by atoms with van der Waals surface area (Å²) in [5.41, 5.74) is 0. The van der Waals surface area contributed by atoms with Crippen molar-refractivity contribution < 1.29 is 18.7 Å². The van der Waals surface area contributed by atoms with Gasteiger partial charge in [-0.1, -0.05) is 35.2 Å². The number of carbonyl (C=O) groups is 1. The van der Waals surface area contributed by atoms with Crippen LogP contribution in [0.3, 0.4) is 0 Å². The Morgan fingerprint density at radius 1 is 1.21 bits per heavy atom. The summed E-state index contributed by atoms with van der Waals surface area (Å²) in [5.74, 6) is 2.42. The third-order valence-corrected chi connectivity index (χ3v) is 5.84. The van der Waals surface area contributed by atoms with Crippen LogP contribution in [0.25, 0.3) is 0 Å². The van der Waals surface area contributed by atoms with Gasteiger partial charge in [0, 0.05) is 0 Å². The van der Waals surface area contributed by atoms with Gasteiger partial charge in [0.25, 0.3) is 0 Å². The lowest BCUT2D eigenvalue weighted by Crippen LogP contribution is -2.41. The summed E-state index contributed by atoms with van der Waals surface area (Å²) in [4.78, 5) is 12.1. The van der Waals surface area contributed by atoms with Gasteiger partial charge in [-0.15, -0.1) is 10.2 Å². The Kier molecular flexibility index (Phi) is 5.98. The minimum Gasteiger partial charge on any atom is -0.486 e. The van der Waals surface area contributed by atoms with E-state index in [2.05, 4.69) is 20.8 Å². The number of fused-ring (bicyclic) bond motifs is 1. The highest BCUT2D eigenvalue weighted by Crippen LogP contribution is 2.30. The van der Waals surface area contributed by atoms with Crippen LogP contribution >= 0.6 is 23.1 Å². The molecule has 0 aliphatic carbocycles. The number of furan rings is 1. The molecule has 1 atom stereocenters. The fourth-order valence-electron chi connectivity index (χ4n) is 2.49. The first-order chi connectivity index (χ1) is 13.8. The highest BCUT2D eigenvalue weighted by Gasteiger charge is 2.21. The quantitative estimate of drug-likeness (QED) is 0.539. The van der Waals surface area contributed by atoms with E-state index in [4.69, 9.17) is 13.9 Å². The van der Waals surface area contributed by atoms with Crippen LogP contribution in [0, 0.1) is 0 Å².